The molecule has 1 aromatic rings. The van der Waals surface area contributed by atoms with Crippen molar-refractivity contribution in [3.63, 3.8) is 0 Å². The molecule has 0 aromatic carbocycles. The van der Waals surface area contributed by atoms with Crippen molar-refractivity contribution in [1.82, 2.24) is 14.4 Å². The van der Waals surface area contributed by atoms with Gasteiger partial charge in [0.2, 0.25) is 0 Å². The minimum Gasteiger partial charge on any atom is -0.354 e. The zero-order valence-corrected chi connectivity index (χ0v) is 12.7. The Labute approximate surface area is 119 Å². The average Bonchev–Trinajstić information content (AvgIpc) is 2.42. The zero-order valence-electron chi connectivity index (χ0n) is 12.7. The van der Waals surface area contributed by atoms with Crippen LogP contribution in [-0.2, 0) is 7.05 Å². The quantitative estimate of drug-likeness (QED) is 0.805. The van der Waals surface area contributed by atoms with E-state index in [1.54, 1.807) is 11.1 Å². The highest BCUT2D eigenvalue weighted by atomic mass is 16.2. The summed E-state index contributed by atoms with van der Waals surface area (Å²) >= 11 is 0. The molecule has 1 fully saturated rings. The van der Waals surface area contributed by atoms with Gasteiger partial charge in [-0.1, -0.05) is 0 Å². The molecular formula is C15H23N3O2. The van der Waals surface area contributed by atoms with E-state index in [9.17, 15) is 9.59 Å². The average molecular weight is 277 g/mol. The molecule has 2 rings (SSSR count). The topological polar surface area (TPSA) is 45.6 Å². The lowest BCUT2D eigenvalue weighted by molar-refractivity contribution is 0.0661. The second-order valence-corrected chi connectivity index (χ2v) is 5.79. The normalized spacial score (nSPS) is 16.8. The Bertz CT molecular complexity index is 555. The molecule has 0 saturated carbocycles. The van der Waals surface area contributed by atoms with Crippen LogP contribution in [0.5, 0.6) is 0 Å². The standard InChI is InChI=1S/C15H23N3O2/c1-11-9-14(19)13(10-17(11)4)15(20)18-7-5-12(6-8-18)16(2)3/h9-10,12H,5-8H2,1-4H3. The maximum atomic E-state index is 12.5. The van der Waals surface area contributed by atoms with Crippen molar-refractivity contribution >= 4 is 5.91 Å². The number of nitrogens with zero attached hydrogens (tertiary/aromatic N) is 3. The third-order valence-electron chi connectivity index (χ3n) is 4.20. The van der Waals surface area contributed by atoms with Gasteiger partial charge in [-0.3, -0.25) is 9.59 Å². The van der Waals surface area contributed by atoms with Crippen molar-refractivity contribution in [2.24, 2.45) is 7.05 Å². The van der Waals surface area contributed by atoms with E-state index in [0.717, 1.165) is 31.6 Å². The summed E-state index contributed by atoms with van der Waals surface area (Å²) < 4.78 is 1.82. The van der Waals surface area contributed by atoms with Gasteiger partial charge < -0.3 is 14.4 Å². The summed E-state index contributed by atoms with van der Waals surface area (Å²) in [5, 5.41) is 0. The molecule has 0 unspecified atom stereocenters. The number of rotatable bonds is 2. The maximum absolute atomic E-state index is 12.5. The number of aryl methyl sites for hydroxylation is 2. The molecule has 1 amide bonds. The van der Waals surface area contributed by atoms with E-state index in [0.29, 0.717) is 6.04 Å². The predicted molar refractivity (Wildman–Crippen MR) is 79.0 cm³/mol. The van der Waals surface area contributed by atoms with Crippen molar-refractivity contribution in [3.8, 4) is 0 Å². The number of piperidine rings is 1. The first-order valence-corrected chi connectivity index (χ1v) is 7.03. The third-order valence-corrected chi connectivity index (χ3v) is 4.20. The fourth-order valence-corrected chi connectivity index (χ4v) is 2.64. The van der Waals surface area contributed by atoms with Crippen LogP contribution < -0.4 is 5.43 Å². The fraction of sp³-hybridized carbons (Fsp3) is 0.600. The number of hydrogen-bond donors (Lipinski definition) is 0. The molecule has 1 aliphatic heterocycles. The Kier molecular flexibility index (Phi) is 4.28. The van der Waals surface area contributed by atoms with Crippen LogP contribution in [0.15, 0.2) is 17.1 Å². The van der Waals surface area contributed by atoms with Crippen LogP contribution in [0.1, 0.15) is 28.9 Å². The predicted octanol–water partition coefficient (Wildman–Crippen LogP) is 0.860. The van der Waals surface area contributed by atoms with Gasteiger partial charge in [-0.2, -0.15) is 0 Å². The van der Waals surface area contributed by atoms with Gasteiger partial charge in [0.15, 0.2) is 5.43 Å². The molecule has 5 nitrogen and oxygen atoms in total. The Balaban J connectivity index is 2.14. The van der Waals surface area contributed by atoms with E-state index in [-0.39, 0.29) is 16.9 Å². The second-order valence-electron chi connectivity index (χ2n) is 5.79. The number of pyridine rings is 1. The summed E-state index contributed by atoms with van der Waals surface area (Å²) in [4.78, 5) is 28.4. The van der Waals surface area contributed by atoms with Gasteiger partial charge in [-0.15, -0.1) is 0 Å². The van der Waals surface area contributed by atoms with Gasteiger partial charge >= 0.3 is 0 Å². The van der Waals surface area contributed by atoms with Crippen LogP contribution in [0, 0.1) is 6.92 Å². The van der Waals surface area contributed by atoms with Crippen molar-refractivity contribution in [1.29, 1.82) is 0 Å². The summed E-state index contributed by atoms with van der Waals surface area (Å²) in [5.41, 5.74) is 0.958. The number of carbonyl (C=O) groups excluding carboxylic acids is 1. The minimum absolute atomic E-state index is 0.136. The molecule has 1 saturated heterocycles. The van der Waals surface area contributed by atoms with Crippen LogP contribution in [-0.4, -0.2) is 53.5 Å². The number of hydrogen-bond acceptors (Lipinski definition) is 3. The SMILES string of the molecule is Cc1cc(=O)c(C(=O)N2CCC(N(C)C)CC2)cn1C. The van der Waals surface area contributed by atoms with E-state index in [1.165, 1.54) is 6.07 Å². The number of aromatic nitrogens is 1. The zero-order chi connectivity index (χ0) is 14.9. The molecule has 0 aliphatic carbocycles. The van der Waals surface area contributed by atoms with Crippen LogP contribution in [0.3, 0.4) is 0 Å². The van der Waals surface area contributed by atoms with Gasteiger partial charge in [0, 0.05) is 44.1 Å². The molecule has 0 atom stereocenters. The van der Waals surface area contributed by atoms with Gasteiger partial charge in [0.05, 0.1) is 0 Å². The first-order valence-electron chi connectivity index (χ1n) is 7.03. The monoisotopic (exact) mass is 277 g/mol. The van der Waals surface area contributed by atoms with Crippen molar-refractivity contribution in [2.75, 3.05) is 27.2 Å². The second kappa shape index (κ2) is 5.79. The molecule has 5 heteroatoms. The first-order chi connectivity index (χ1) is 9.40. The van der Waals surface area contributed by atoms with E-state index >= 15 is 0 Å². The van der Waals surface area contributed by atoms with Crippen molar-refractivity contribution < 1.29 is 4.79 Å². The van der Waals surface area contributed by atoms with Gasteiger partial charge in [-0.05, 0) is 33.9 Å². The van der Waals surface area contributed by atoms with Crippen LogP contribution in [0.2, 0.25) is 0 Å². The van der Waals surface area contributed by atoms with Crippen LogP contribution in [0.4, 0.5) is 0 Å². The molecule has 0 bridgehead atoms. The first kappa shape index (κ1) is 14.8. The Morgan fingerprint density at radius 3 is 2.45 bits per heavy atom. The smallest absolute Gasteiger partial charge is 0.259 e. The molecule has 2 heterocycles. The lowest BCUT2D eigenvalue weighted by Crippen LogP contribution is -2.45. The Morgan fingerprint density at radius 2 is 1.90 bits per heavy atom. The summed E-state index contributed by atoms with van der Waals surface area (Å²) in [7, 11) is 5.99. The van der Waals surface area contributed by atoms with Crippen LogP contribution in [0.25, 0.3) is 0 Å². The van der Waals surface area contributed by atoms with Crippen LogP contribution >= 0.6 is 0 Å². The maximum Gasteiger partial charge on any atom is 0.259 e. The minimum atomic E-state index is -0.180. The highest BCUT2D eigenvalue weighted by molar-refractivity contribution is 5.93. The fourth-order valence-electron chi connectivity index (χ4n) is 2.64. The number of amides is 1. The number of carbonyl (C=O) groups is 1. The number of likely N-dealkylation sites (tertiary alicyclic amines) is 1. The molecule has 1 aliphatic rings. The summed E-state index contributed by atoms with van der Waals surface area (Å²) in [6.07, 6.45) is 3.58. The summed E-state index contributed by atoms with van der Waals surface area (Å²) in [6, 6.07) is 2.06. The van der Waals surface area contributed by atoms with Gasteiger partial charge in [0.25, 0.3) is 5.91 Å². The summed E-state index contributed by atoms with van der Waals surface area (Å²) in [5.74, 6) is -0.136. The molecule has 0 radical (unpaired) electrons. The highest BCUT2D eigenvalue weighted by Gasteiger charge is 2.25. The molecule has 20 heavy (non-hydrogen) atoms. The molecule has 0 spiro atoms. The van der Waals surface area contributed by atoms with E-state index in [4.69, 9.17) is 0 Å². The lowest BCUT2D eigenvalue weighted by atomic mass is 10.0. The third kappa shape index (κ3) is 2.93. The van der Waals surface area contributed by atoms with E-state index < -0.39 is 0 Å². The Morgan fingerprint density at radius 1 is 1.30 bits per heavy atom. The van der Waals surface area contributed by atoms with Gasteiger partial charge in [-0.25, -0.2) is 0 Å². The van der Waals surface area contributed by atoms with Crippen molar-refractivity contribution in [2.45, 2.75) is 25.8 Å². The molecular weight excluding hydrogens is 254 g/mol. The lowest BCUT2D eigenvalue weighted by Gasteiger charge is -2.35. The molecule has 0 N–H and O–H groups in total. The molecule has 110 valence electrons. The van der Waals surface area contributed by atoms with E-state index in [2.05, 4.69) is 19.0 Å². The summed E-state index contributed by atoms with van der Waals surface area (Å²) in [6.45, 7) is 3.30. The highest BCUT2D eigenvalue weighted by Crippen LogP contribution is 2.15. The van der Waals surface area contributed by atoms with E-state index in [1.807, 2.05) is 18.5 Å². The largest absolute Gasteiger partial charge is 0.354 e. The van der Waals surface area contributed by atoms with Crippen molar-refractivity contribution in [3.05, 3.63) is 33.7 Å². The Hall–Kier alpha value is -1.62. The van der Waals surface area contributed by atoms with Gasteiger partial charge in [0.1, 0.15) is 5.56 Å². The molecule has 1 aromatic heterocycles.